The maximum absolute atomic E-state index is 13.6. The summed E-state index contributed by atoms with van der Waals surface area (Å²) in [5.41, 5.74) is -0.261. The fraction of sp³-hybridized carbons (Fsp3) is 0.524. The Kier molecular flexibility index (Phi) is 8.01. The minimum Gasteiger partial charge on any atom is -0.475 e. The summed E-state index contributed by atoms with van der Waals surface area (Å²) in [6.45, 7) is 6.75. The first-order valence-electron chi connectivity index (χ1n) is 9.97. The number of carbonyl (C=O) groups is 2. The van der Waals surface area contributed by atoms with Crippen molar-refractivity contribution >= 4 is 18.2 Å². The Morgan fingerprint density at radius 2 is 1.82 bits per heavy atom. The highest BCUT2D eigenvalue weighted by Crippen LogP contribution is 2.39. The standard InChI is InChI=1S/C21H24F3NO9/c1-11-6-12(2)16-14(7-11)8-15(17(34-16)21(22,23)24)18(26)32-13(3)33-19(27)30-9-20(4,5)10-31-25(28)29/h6-8,13,17H,9-10H2,1-5H3. The van der Waals surface area contributed by atoms with Crippen molar-refractivity contribution in [1.82, 2.24) is 0 Å². The van der Waals surface area contributed by atoms with E-state index < -0.39 is 46.8 Å². The topological polar surface area (TPSA) is 123 Å². The molecule has 1 aliphatic rings. The first-order chi connectivity index (χ1) is 15.6. The van der Waals surface area contributed by atoms with Crippen molar-refractivity contribution in [2.24, 2.45) is 5.41 Å². The van der Waals surface area contributed by atoms with Crippen LogP contribution in [0.4, 0.5) is 18.0 Å². The predicted octanol–water partition coefficient (Wildman–Crippen LogP) is 4.29. The van der Waals surface area contributed by atoms with E-state index in [0.717, 1.165) is 18.6 Å². The predicted molar refractivity (Wildman–Crippen MR) is 109 cm³/mol. The van der Waals surface area contributed by atoms with E-state index in [1.54, 1.807) is 26.0 Å². The molecule has 1 aliphatic heterocycles. The molecule has 0 radical (unpaired) electrons. The number of hydrogen-bond acceptors (Lipinski definition) is 9. The van der Waals surface area contributed by atoms with Crippen molar-refractivity contribution in [3.05, 3.63) is 44.5 Å². The van der Waals surface area contributed by atoms with Gasteiger partial charge in [-0.15, -0.1) is 10.1 Å². The lowest BCUT2D eigenvalue weighted by molar-refractivity contribution is -0.760. The van der Waals surface area contributed by atoms with Crippen LogP contribution in [-0.2, 0) is 23.8 Å². The maximum Gasteiger partial charge on any atom is 0.511 e. The molecule has 1 heterocycles. The van der Waals surface area contributed by atoms with Crippen LogP contribution < -0.4 is 4.74 Å². The lowest BCUT2D eigenvalue weighted by Crippen LogP contribution is -2.41. The van der Waals surface area contributed by atoms with Crippen molar-refractivity contribution in [2.45, 2.75) is 53.2 Å². The van der Waals surface area contributed by atoms with Crippen molar-refractivity contribution in [2.75, 3.05) is 13.2 Å². The summed E-state index contributed by atoms with van der Waals surface area (Å²) in [5, 5.41) is 9.27. The second-order valence-corrected chi connectivity index (χ2v) is 8.43. The van der Waals surface area contributed by atoms with Gasteiger partial charge in [0.2, 0.25) is 12.4 Å². The Morgan fingerprint density at radius 3 is 2.41 bits per heavy atom. The summed E-state index contributed by atoms with van der Waals surface area (Å²) in [7, 11) is 0. The zero-order valence-electron chi connectivity index (χ0n) is 19.1. The highest BCUT2D eigenvalue weighted by atomic mass is 19.4. The van der Waals surface area contributed by atoms with Crippen LogP contribution >= 0.6 is 0 Å². The number of hydrogen-bond donors (Lipinski definition) is 0. The summed E-state index contributed by atoms with van der Waals surface area (Å²) in [5.74, 6) is -1.40. The largest absolute Gasteiger partial charge is 0.511 e. The number of benzene rings is 1. The number of ether oxygens (including phenoxy) is 4. The maximum atomic E-state index is 13.6. The minimum absolute atomic E-state index is 0.000949. The molecular weight excluding hydrogens is 467 g/mol. The van der Waals surface area contributed by atoms with Gasteiger partial charge in [-0.05, 0) is 31.6 Å². The van der Waals surface area contributed by atoms with Crippen LogP contribution in [0.1, 0.15) is 37.5 Å². The molecular formula is C21H24F3NO9. The van der Waals surface area contributed by atoms with Crippen LogP contribution in [0, 0.1) is 29.4 Å². The van der Waals surface area contributed by atoms with E-state index in [2.05, 4.69) is 4.84 Å². The number of rotatable bonds is 8. The molecule has 188 valence electrons. The summed E-state index contributed by atoms with van der Waals surface area (Å²) < 4.78 is 60.3. The molecule has 0 spiro atoms. The van der Waals surface area contributed by atoms with E-state index in [9.17, 15) is 32.9 Å². The molecule has 2 atom stereocenters. The highest BCUT2D eigenvalue weighted by Gasteiger charge is 2.49. The van der Waals surface area contributed by atoms with E-state index in [4.69, 9.17) is 18.9 Å². The summed E-state index contributed by atoms with van der Waals surface area (Å²) >= 11 is 0. The van der Waals surface area contributed by atoms with Gasteiger partial charge in [-0.1, -0.05) is 25.5 Å². The molecule has 0 saturated heterocycles. The van der Waals surface area contributed by atoms with Crippen LogP contribution in [-0.4, -0.2) is 49.0 Å². The van der Waals surface area contributed by atoms with E-state index in [1.165, 1.54) is 13.8 Å². The third-order valence-electron chi connectivity index (χ3n) is 4.49. The Morgan fingerprint density at radius 1 is 1.18 bits per heavy atom. The summed E-state index contributed by atoms with van der Waals surface area (Å²) in [6, 6.07) is 3.21. The van der Waals surface area contributed by atoms with Crippen molar-refractivity contribution < 1.29 is 51.6 Å². The number of esters is 1. The second-order valence-electron chi connectivity index (χ2n) is 8.43. The number of nitrogens with zero attached hydrogens (tertiary/aromatic N) is 1. The van der Waals surface area contributed by atoms with Gasteiger partial charge in [0.15, 0.2) is 0 Å². The molecule has 0 saturated carbocycles. The average Bonchev–Trinajstić information content (AvgIpc) is 2.69. The minimum atomic E-state index is -4.92. The molecule has 0 bridgehead atoms. The monoisotopic (exact) mass is 491 g/mol. The van der Waals surface area contributed by atoms with Crippen LogP contribution in [0.5, 0.6) is 5.75 Å². The lowest BCUT2D eigenvalue weighted by atomic mass is 9.97. The second kappa shape index (κ2) is 10.2. The van der Waals surface area contributed by atoms with Crippen LogP contribution in [0.2, 0.25) is 0 Å². The van der Waals surface area contributed by atoms with Gasteiger partial charge in [-0.3, -0.25) is 0 Å². The quantitative estimate of drug-likeness (QED) is 0.227. The average molecular weight is 491 g/mol. The molecule has 0 N–H and O–H groups in total. The van der Waals surface area contributed by atoms with Gasteiger partial charge in [0, 0.05) is 17.9 Å². The van der Waals surface area contributed by atoms with Gasteiger partial charge in [-0.25, -0.2) is 9.59 Å². The number of aryl methyl sites for hydroxylation is 2. The Bertz CT molecular complexity index is 988. The van der Waals surface area contributed by atoms with E-state index in [1.807, 2.05) is 0 Å². The highest BCUT2D eigenvalue weighted by molar-refractivity contribution is 5.96. The smallest absolute Gasteiger partial charge is 0.475 e. The zero-order chi connectivity index (χ0) is 25.8. The van der Waals surface area contributed by atoms with Gasteiger partial charge < -0.3 is 23.8 Å². The van der Waals surface area contributed by atoms with Gasteiger partial charge in [-0.2, -0.15) is 13.2 Å². The number of halogens is 3. The zero-order valence-corrected chi connectivity index (χ0v) is 19.1. The molecule has 1 aromatic rings. The Hall–Kier alpha value is -3.51. The Labute approximate surface area is 192 Å². The van der Waals surface area contributed by atoms with Crippen molar-refractivity contribution in [1.29, 1.82) is 0 Å². The first kappa shape index (κ1) is 26.7. The molecule has 34 heavy (non-hydrogen) atoms. The molecule has 1 aromatic carbocycles. The fourth-order valence-electron chi connectivity index (χ4n) is 3.02. The van der Waals surface area contributed by atoms with Crippen LogP contribution in [0.3, 0.4) is 0 Å². The van der Waals surface area contributed by atoms with Crippen molar-refractivity contribution in [3.8, 4) is 5.75 Å². The third-order valence-corrected chi connectivity index (χ3v) is 4.49. The van der Waals surface area contributed by atoms with Crippen LogP contribution in [0.15, 0.2) is 17.7 Å². The van der Waals surface area contributed by atoms with Gasteiger partial charge in [0.05, 0.1) is 5.57 Å². The van der Waals surface area contributed by atoms with Gasteiger partial charge >= 0.3 is 18.3 Å². The molecule has 2 rings (SSSR count). The molecule has 10 nitrogen and oxygen atoms in total. The van der Waals surface area contributed by atoms with E-state index in [-0.39, 0.29) is 24.5 Å². The molecule has 0 amide bonds. The normalized spacial score (nSPS) is 16.4. The number of carbonyl (C=O) groups excluding carboxylic acids is 2. The SMILES string of the molecule is Cc1cc(C)c2c(c1)C=C(C(=O)OC(C)OC(=O)OCC(C)(C)CO[N+](=O)[O-])C(C(F)(F)F)O2. The fourth-order valence-corrected chi connectivity index (χ4v) is 3.02. The molecule has 0 fully saturated rings. The Balaban J connectivity index is 2.06. The van der Waals surface area contributed by atoms with Crippen molar-refractivity contribution in [3.63, 3.8) is 0 Å². The van der Waals surface area contributed by atoms with E-state index in [0.29, 0.717) is 5.56 Å². The number of alkyl halides is 3. The van der Waals surface area contributed by atoms with Gasteiger partial charge in [0.25, 0.3) is 5.09 Å². The molecule has 0 aromatic heterocycles. The van der Waals surface area contributed by atoms with Crippen LogP contribution in [0.25, 0.3) is 6.08 Å². The third kappa shape index (κ3) is 7.25. The first-order valence-corrected chi connectivity index (χ1v) is 9.97. The summed E-state index contributed by atoms with van der Waals surface area (Å²) in [4.78, 5) is 38.8. The van der Waals surface area contributed by atoms with Gasteiger partial charge in [0.1, 0.15) is 19.0 Å². The number of fused-ring (bicyclic) bond motifs is 1. The molecule has 13 heteroatoms. The lowest BCUT2D eigenvalue weighted by Gasteiger charge is -2.29. The van der Waals surface area contributed by atoms with E-state index >= 15 is 0 Å². The molecule has 2 unspecified atom stereocenters. The summed E-state index contributed by atoms with van der Waals surface area (Å²) in [6.07, 6.45) is -9.36. The molecule has 0 aliphatic carbocycles.